The molecule has 1 N–H and O–H groups in total. The lowest BCUT2D eigenvalue weighted by molar-refractivity contribution is -0.145. The number of rotatable bonds is 3. The van der Waals surface area contributed by atoms with Gasteiger partial charge in [0.1, 0.15) is 0 Å². The van der Waals surface area contributed by atoms with Gasteiger partial charge in [-0.05, 0) is 56.5 Å². The number of aliphatic carboxylic acids is 1. The number of aryl methyl sites for hydroxylation is 1. The second-order valence-electron chi connectivity index (χ2n) is 7.06. The highest BCUT2D eigenvalue weighted by atomic mass is 35.5. The third-order valence-electron chi connectivity index (χ3n) is 5.26. The first-order chi connectivity index (χ1) is 12.3. The van der Waals surface area contributed by atoms with Crippen molar-refractivity contribution >= 4 is 23.5 Å². The van der Waals surface area contributed by atoms with Crippen molar-refractivity contribution in [3.8, 4) is 5.69 Å². The minimum absolute atomic E-state index is 0.0333. The number of likely N-dealkylation sites (tertiary alicyclic amines) is 1. The summed E-state index contributed by atoms with van der Waals surface area (Å²) in [6.07, 6.45) is 0.498. The van der Waals surface area contributed by atoms with Crippen molar-refractivity contribution in [2.75, 3.05) is 13.1 Å². The van der Waals surface area contributed by atoms with Crippen molar-refractivity contribution < 1.29 is 14.7 Å². The molecule has 6 heteroatoms. The Morgan fingerprint density at radius 1 is 1.19 bits per heavy atom. The predicted octanol–water partition coefficient (Wildman–Crippen LogP) is 3.93. The fraction of sp³-hybridized carbons (Fsp3) is 0.400. The second-order valence-corrected chi connectivity index (χ2v) is 7.49. The standard InChI is InChI=1S/C20H23ClN2O3/c1-12-11-22(9-8-17(12)20(25)26)19(24)18-10-13(2)23(14(18)3)16-6-4-15(21)5-7-16/h4-7,10,12,17H,8-9,11H2,1-3H3,(H,25,26). The van der Waals surface area contributed by atoms with Crippen molar-refractivity contribution in [3.63, 3.8) is 0 Å². The molecule has 2 unspecified atom stereocenters. The predicted molar refractivity (Wildman–Crippen MR) is 101 cm³/mol. The smallest absolute Gasteiger partial charge is 0.306 e. The van der Waals surface area contributed by atoms with E-state index in [2.05, 4.69) is 0 Å². The Bertz CT molecular complexity index is 841. The Morgan fingerprint density at radius 3 is 2.42 bits per heavy atom. The maximum absolute atomic E-state index is 13.0. The molecule has 0 bridgehead atoms. The zero-order chi connectivity index (χ0) is 19.0. The zero-order valence-electron chi connectivity index (χ0n) is 15.2. The number of amides is 1. The molecule has 26 heavy (non-hydrogen) atoms. The number of piperidine rings is 1. The van der Waals surface area contributed by atoms with Crippen LogP contribution in [0.4, 0.5) is 0 Å². The molecule has 3 rings (SSSR count). The first-order valence-corrected chi connectivity index (χ1v) is 9.14. The summed E-state index contributed by atoms with van der Waals surface area (Å²) in [4.78, 5) is 26.1. The SMILES string of the molecule is Cc1cc(C(=O)N2CCC(C(=O)O)C(C)C2)c(C)n1-c1ccc(Cl)cc1. The van der Waals surface area contributed by atoms with E-state index in [0.717, 1.165) is 17.1 Å². The van der Waals surface area contributed by atoms with Crippen LogP contribution in [0.1, 0.15) is 35.1 Å². The van der Waals surface area contributed by atoms with E-state index in [1.165, 1.54) is 0 Å². The fourth-order valence-corrected chi connectivity index (χ4v) is 3.96. The molecule has 2 heterocycles. The summed E-state index contributed by atoms with van der Waals surface area (Å²) in [6.45, 7) is 6.75. The second kappa shape index (κ2) is 7.16. The van der Waals surface area contributed by atoms with Crippen molar-refractivity contribution in [1.29, 1.82) is 0 Å². The minimum atomic E-state index is -0.773. The van der Waals surface area contributed by atoms with Crippen LogP contribution in [0.5, 0.6) is 0 Å². The molecule has 1 fully saturated rings. The molecule has 0 spiro atoms. The largest absolute Gasteiger partial charge is 0.481 e. The topological polar surface area (TPSA) is 62.5 Å². The van der Waals surface area contributed by atoms with Gasteiger partial charge in [0.2, 0.25) is 0 Å². The molecule has 1 saturated heterocycles. The van der Waals surface area contributed by atoms with Crippen LogP contribution in [-0.2, 0) is 4.79 Å². The number of carbonyl (C=O) groups is 2. The summed E-state index contributed by atoms with van der Waals surface area (Å²) in [5, 5.41) is 9.93. The van der Waals surface area contributed by atoms with Gasteiger partial charge in [0.25, 0.3) is 5.91 Å². The van der Waals surface area contributed by atoms with Gasteiger partial charge in [-0.1, -0.05) is 18.5 Å². The first kappa shape index (κ1) is 18.5. The Morgan fingerprint density at radius 2 is 1.85 bits per heavy atom. The van der Waals surface area contributed by atoms with E-state index in [0.29, 0.717) is 30.1 Å². The molecular weight excluding hydrogens is 352 g/mol. The van der Waals surface area contributed by atoms with Crippen molar-refractivity contribution in [2.45, 2.75) is 27.2 Å². The number of hydrogen-bond donors (Lipinski definition) is 1. The monoisotopic (exact) mass is 374 g/mol. The molecular formula is C20H23ClN2O3. The van der Waals surface area contributed by atoms with Crippen molar-refractivity contribution in [1.82, 2.24) is 9.47 Å². The van der Waals surface area contributed by atoms with Gasteiger partial charge in [-0.25, -0.2) is 0 Å². The van der Waals surface area contributed by atoms with Crippen LogP contribution < -0.4 is 0 Å². The molecule has 0 saturated carbocycles. The van der Waals surface area contributed by atoms with Crippen LogP contribution in [0.15, 0.2) is 30.3 Å². The Hall–Kier alpha value is -2.27. The number of benzene rings is 1. The van der Waals surface area contributed by atoms with Gasteiger partial charge in [0.15, 0.2) is 0 Å². The molecule has 138 valence electrons. The molecule has 0 aliphatic carbocycles. The van der Waals surface area contributed by atoms with Gasteiger partial charge in [-0.15, -0.1) is 0 Å². The summed E-state index contributed by atoms with van der Waals surface area (Å²) < 4.78 is 2.04. The lowest BCUT2D eigenvalue weighted by Gasteiger charge is -2.35. The molecule has 1 aromatic carbocycles. The highest BCUT2D eigenvalue weighted by Gasteiger charge is 2.34. The van der Waals surface area contributed by atoms with Crippen molar-refractivity contribution in [2.24, 2.45) is 11.8 Å². The zero-order valence-corrected chi connectivity index (χ0v) is 16.0. The summed E-state index contributed by atoms with van der Waals surface area (Å²) >= 11 is 5.97. The van der Waals surface area contributed by atoms with Crippen LogP contribution in [-0.4, -0.2) is 39.5 Å². The number of carboxylic acids is 1. The van der Waals surface area contributed by atoms with E-state index in [9.17, 15) is 14.7 Å². The summed E-state index contributed by atoms with van der Waals surface area (Å²) in [5.74, 6) is -1.23. The van der Waals surface area contributed by atoms with Gasteiger partial charge in [-0.3, -0.25) is 9.59 Å². The minimum Gasteiger partial charge on any atom is -0.481 e. The summed E-state index contributed by atoms with van der Waals surface area (Å²) in [6, 6.07) is 9.42. The summed E-state index contributed by atoms with van der Waals surface area (Å²) in [7, 11) is 0. The van der Waals surface area contributed by atoms with Gasteiger partial charge in [-0.2, -0.15) is 0 Å². The normalized spacial score (nSPS) is 20.2. The quantitative estimate of drug-likeness (QED) is 0.885. The third-order valence-corrected chi connectivity index (χ3v) is 5.51. The van der Waals surface area contributed by atoms with E-state index in [1.54, 1.807) is 4.90 Å². The highest BCUT2D eigenvalue weighted by molar-refractivity contribution is 6.30. The molecule has 1 aromatic heterocycles. The first-order valence-electron chi connectivity index (χ1n) is 8.76. The number of nitrogens with zero attached hydrogens (tertiary/aromatic N) is 2. The summed E-state index contributed by atoms with van der Waals surface area (Å²) in [5.41, 5.74) is 3.48. The number of halogens is 1. The Balaban J connectivity index is 1.86. The van der Waals surface area contributed by atoms with Crippen molar-refractivity contribution in [3.05, 3.63) is 52.3 Å². The molecule has 1 aliphatic heterocycles. The van der Waals surface area contributed by atoms with E-state index >= 15 is 0 Å². The number of carboxylic acid groups (broad SMARTS) is 1. The van der Waals surface area contributed by atoms with Crippen LogP contribution in [0.3, 0.4) is 0 Å². The Labute approximate surface area is 158 Å². The molecule has 2 atom stereocenters. The molecule has 1 aliphatic rings. The number of carbonyl (C=O) groups excluding carboxylic acids is 1. The fourth-order valence-electron chi connectivity index (χ4n) is 3.83. The molecule has 1 amide bonds. The van der Waals surface area contributed by atoms with E-state index < -0.39 is 5.97 Å². The highest BCUT2D eigenvalue weighted by Crippen LogP contribution is 2.27. The molecule has 5 nitrogen and oxygen atoms in total. The third kappa shape index (κ3) is 3.36. The molecule has 2 aromatic rings. The maximum Gasteiger partial charge on any atom is 0.306 e. The van der Waals surface area contributed by atoms with Gasteiger partial charge >= 0.3 is 5.97 Å². The number of aromatic nitrogens is 1. The van der Waals surface area contributed by atoms with Gasteiger partial charge < -0.3 is 14.6 Å². The van der Waals surface area contributed by atoms with Gasteiger partial charge in [0.05, 0.1) is 11.5 Å². The van der Waals surface area contributed by atoms with Crippen LogP contribution >= 0.6 is 11.6 Å². The van der Waals surface area contributed by atoms with Crippen LogP contribution in [0.2, 0.25) is 5.02 Å². The van der Waals surface area contributed by atoms with E-state index in [-0.39, 0.29) is 17.7 Å². The van der Waals surface area contributed by atoms with E-state index in [4.69, 9.17) is 11.6 Å². The molecule has 0 radical (unpaired) electrons. The van der Waals surface area contributed by atoms with Crippen LogP contribution in [0.25, 0.3) is 5.69 Å². The van der Waals surface area contributed by atoms with Gasteiger partial charge in [0, 0.05) is 35.2 Å². The van der Waals surface area contributed by atoms with Crippen LogP contribution in [0, 0.1) is 25.7 Å². The average Bonchev–Trinajstić information content (AvgIpc) is 2.89. The maximum atomic E-state index is 13.0. The average molecular weight is 375 g/mol. The lowest BCUT2D eigenvalue weighted by Crippen LogP contribution is -2.45. The Kier molecular flexibility index (Phi) is 5.10. The lowest BCUT2D eigenvalue weighted by atomic mass is 9.87. The number of hydrogen-bond acceptors (Lipinski definition) is 2. The van der Waals surface area contributed by atoms with E-state index in [1.807, 2.05) is 55.7 Å².